The lowest BCUT2D eigenvalue weighted by Gasteiger charge is -2.29. The fraction of sp³-hybridized carbons (Fsp3) is 0.438. The maximum absolute atomic E-state index is 12.4. The second-order valence-corrected chi connectivity index (χ2v) is 6.21. The number of hydrogen-bond donors (Lipinski definition) is 1. The Morgan fingerprint density at radius 1 is 1.32 bits per heavy atom. The number of rotatable bonds is 5. The van der Waals surface area contributed by atoms with Gasteiger partial charge in [-0.25, -0.2) is 9.79 Å². The average Bonchev–Trinajstić information content (AvgIpc) is 2.47. The van der Waals surface area contributed by atoms with Crippen molar-refractivity contribution in [3.8, 4) is 0 Å². The van der Waals surface area contributed by atoms with Crippen LogP contribution in [0.1, 0.15) is 24.1 Å². The van der Waals surface area contributed by atoms with Gasteiger partial charge >= 0.3 is 12.0 Å². The lowest BCUT2D eigenvalue weighted by molar-refractivity contribution is -0.146. The molecule has 2 unspecified atom stereocenters. The minimum absolute atomic E-state index is 0.346. The van der Waals surface area contributed by atoms with Crippen LogP contribution in [0.2, 0.25) is 0 Å². The summed E-state index contributed by atoms with van der Waals surface area (Å²) in [6, 6.07) is 6.89. The number of esters is 1. The number of carbonyl (C=O) groups is 2. The van der Waals surface area contributed by atoms with Crippen LogP contribution in [0, 0.1) is 12.8 Å². The molecule has 0 radical (unpaired) electrons. The second kappa shape index (κ2) is 7.45. The average molecular weight is 320 g/mol. The zero-order chi connectivity index (χ0) is 16.1. The van der Waals surface area contributed by atoms with Crippen LogP contribution in [-0.4, -0.2) is 36.3 Å². The largest absolute Gasteiger partial charge is 0.464 e. The van der Waals surface area contributed by atoms with Crippen molar-refractivity contribution in [1.29, 1.82) is 0 Å². The number of aliphatic imine (C=N–C) groups is 1. The van der Waals surface area contributed by atoms with Crippen LogP contribution >= 0.6 is 11.8 Å². The molecule has 2 atom stereocenters. The van der Waals surface area contributed by atoms with Crippen LogP contribution in [0.25, 0.3) is 0 Å². The zero-order valence-corrected chi connectivity index (χ0v) is 13.8. The van der Waals surface area contributed by atoms with Crippen molar-refractivity contribution in [2.75, 3.05) is 18.6 Å². The van der Waals surface area contributed by atoms with E-state index in [1.807, 2.05) is 37.4 Å². The number of ether oxygens (including phenoxy) is 1. The molecule has 0 saturated heterocycles. The number of aryl methyl sites for hydroxylation is 1. The van der Waals surface area contributed by atoms with Crippen LogP contribution in [0.3, 0.4) is 0 Å². The van der Waals surface area contributed by atoms with E-state index in [-0.39, 0.29) is 5.97 Å². The Kier molecular flexibility index (Phi) is 5.60. The third-order valence-electron chi connectivity index (χ3n) is 3.56. The molecule has 0 saturated carbocycles. The monoisotopic (exact) mass is 320 g/mol. The molecule has 118 valence electrons. The van der Waals surface area contributed by atoms with Crippen molar-refractivity contribution in [2.45, 2.75) is 19.9 Å². The van der Waals surface area contributed by atoms with E-state index in [0.717, 1.165) is 16.9 Å². The first kappa shape index (κ1) is 16.5. The molecule has 2 rings (SSSR count). The Hall–Kier alpha value is -1.82. The Balaban J connectivity index is 2.24. The molecule has 1 aromatic rings. The number of benzene rings is 1. The zero-order valence-electron chi connectivity index (χ0n) is 13.0. The highest BCUT2D eigenvalue weighted by Gasteiger charge is 2.37. The van der Waals surface area contributed by atoms with Gasteiger partial charge < -0.3 is 10.1 Å². The van der Waals surface area contributed by atoms with Crippen LogP contribution in [0.4, 0.5) is 4.79 Å². The van der Waals surface area contributed by atoms with Crippen LogP contribution in [-0.2, 0) is 9.53 Å². The molecule has 6 heteroatoms. The second-order valence-electron chi connectivity index (χ2n) is 5.23. The lowest BCUT2D eigenvalue weighted by Crippen LogP contribution is -2.44. The first-order chi connectivity index (χ1) is 10.5. The van der Waals surface area contributed by atoms with E-state index in [1.165, 1.54) is 0 Å². The van der Waals surface area contributed by atoms with E-state index in [1.54, 1.807) is 18.7 Å². The van der Waals surface area contributed by atoms with Gasteiger partial charge in [-0.05, 0) is 25.7 Å². The third-order valence-corrected chi connectivity index (χ3v) is 4.14. The molecule has 1 aliphatic rings. The molecule has 2 amide bonds. The maximum atomic E-state index is 12.4. The Labute approximate surface area is 134 Å². The molecule has 1 aromatic carbocycles. The van der Waals surface area contributed by atoms with Gasteiger partial charge in [0, 0.05) is 11.5 Å². The van der Waals surface area contributed by atoms with E-state index in [9.17, 15) is 9.59 Å². The molecule has 1 aliphatic heterocycles. The summed E-state index contributed by atoms with van der Waals surface area (Å²) in [6.45, 7) is 4.04. The standard InChI is InChI=1S/C16H20N2O3S/c1-10-4-6-12(7-5-10)14-13(11(2)17-16(20)18-14)15(19)21-8-9-22-3/h4-7,13-14H,8-9H2,1-3H3,(H,18,20). The van der Waals surface area contributed by atoms with Gasteiger partial charge in [0.15, 0.2) is 0 Å². The predicted octanol–water partition coefficient (Wildman–Crippen LogP) is 2.74. The van der Waals surface area contributed by atoms with Gasteiger partial charge in [0.25, 0.3) is 0 Å². The summed E-state index contributed by atoms with van der Waals surface area (Å²) in [4.78, 5) is 27.9. The molecule has 0 fully saturated rings. The van der Waals surface area contributed by atoms with Crippen molar-refractivity contribution in [1.82, 2.24) is 5.32 Å². The van der Waals surface area contributed by atoms with Gasteiger partial charge in [-0.2, -0.15) is 11.8 Å². The maximum Gasteiger partial charge on any atom is 0.341 e. The first-order valence-corrected chi connectivity index (χ1v) is 8.50. The van der Waals surface area contributed by atoms with Crippen molar-refractivity contribution in [3.63, 3.8) is 0 Å². The van der Waals surface area contributed by atoms with Gasteiger partial charge in [0.05, 0.1) is 6.04 Å². The van der Waals surface area contributed by atoms with Gasteiger partial charge in [-0.3, -0.25) is 4.79 Å². The summed E-state index contributed by atoms with van der Waals surface area (Å²) in [5.41, 5.74) is 2.49. The third kappa shape index (κ3) is 3.88. The van der Waals surface area contributed by atoms with E-state index in [2.05, 4.69) is 10.3 Å². The van der Waals surface area contributed by atoms with E-state index in [0.29, 0.717) is 12.3 Å². The van der Waals surface area contributed by atoms with Gasteiger partial charge in [0.2, 0.25) is 0 Å². The number of nitrogens with zero attached hydrogens (tertiary/aromatic N) is 1. The van der Waals surface area contributed by atoms with Gasteiger partial charge in [-0.15, -0.1) is 0 Å². The Morgan fingerprint density at radius 3 is 2.64 bits per heavy atom. The minimum Gasteiger partial charge on any atom is -0.464 e. The molecule has 22 heavy (non-hydrogen) atoms. The summed E-state index contributed by atoms with van der Waals surface area (Å²) in [5, 5.41) is 2.77. The lowest BCUT2D eigenvalue weighted by atomic mass is 9.88. The minimum atomic E-state index is -0.581. The molecule has 0 spiro atoms. The Morgan fingerprint density at radius 2 is 2.00 bits per heavy atom. The van der Waals surface area contributed by atoms with Gasteiger partial charge in [-0.1, -0.05) is 29.8 Å². The number of urea groups is 1. The van der Waals surface area contributed by atoms with E-state index < -0.39 is 18.0 Å². The number of carbonyl (C=O) groups excluding carboxylic acids is 2. The van der Waals surface area contributed by atoms with E-state index in [4.69, 9.17) is 4.74 Å². The molecular weight excluding hydrogens is 300 g/mol. The summed E-state index contributed by atoms with van der Waals surface area (Å²) in [7, 11) is 0. The van der Waals surface area contributed by atoms with Crippen molar-refractivity contribution < 1.29 is 14.3 Å². The van der Waals surface area contributed by atoms with Crippen LogP contribution in [0.15, 0.2) is 29.3 Å². The molecule has 0 aliphatic carbocycles. The predicted molar refractivity (Wildman–Crippen MR) is 88.4 cm³/mol. The van der Waals surface area contributed by atoms with Crippen molar-refractivity contribution in [2.24, 2.45) is 10.9 Å². The summed E-state index contributed by atoms with van der Waals surface area (Å²) < 4.78 is 5.31. The van der Waals surface area contributed by atoms with Crippen molar-refractivity contribution in [3.05, 3.63) is 35.4 Å². The number of hydrogen-bond acceptors (Lipinski definition) is 4. The molecule has 0 bridgehead atoms. The fourth-order valence-electron chi connectivity index (χ4n) is 2.39. The number of nitrogens with one attached hydrogen (secondary N) is 1. The normalized spacial score (nSPS) is 21.0. The van der Waals surface area contributed by atoms with E-state index >= 15 is 0 Å². The molecular formula is C16H20N2O3S. The highest BCUT2D eigenvalue weighted by molar-refractivity contribution is 7.98. The number of thioether (sulfide) groups is 1. The highest BCUT2D eigenvalue weighted by Crippen LogP contribution is 2.28. The number of amides is 2. The smallest absolute Gasteiger partial charge is 0.341 e. The first-order valence-electron chi connectivity index (χ1n) is 7.10. The topological polar surface area (TPSA) is 67.8 Å². The molecule has 5 nitrogen and oxygen atoms in total. The van der Waals surface area contributed by atoms with Crippen molar-refractivity contribution >= 4 is 29.5 Å². The SMILES string of the molecule is CSCCOC(=O)C1C(C)=NC(=O)NC1c1ccc(C)cc1. The molecule has 1 heterocycles. The Bertz CT molecular complexity index is 584. The summed E-state index contributed by atoms with van der Waals surface area (Å²) in [5.74, 6) is -0.181. The van der Waals surface area contributed by atoms with Crippen LogP contribution < -0.4 is 5.32 Å². The van der Waals surface area contributed by atoms with Crippen LogP contribution in [0.5, 0.6) is 0 Å². The fourth-order valence-corrected chi connectivity index (χ4v) is 2.64. The molecule has 1 N–H and O–H groups in total. The summed E-state index contributed by atoms with van der Waals surface area (Å²) in [6.07, 6.45) is 1.95. The summed E-state index contributed by atoms with van der Waals surface area (Å²) >= 11 is 1.61. The quantitative estimate of drug-likeness (QED) is 0.669. The van der Waals surface area contributed by atoms with Gasteiger partial charge in [0.1, 0.15) is 12.5 Å². The highest BCUT2D eigenvalue weighted by atomic mass is 32.2. The molecule has 0 aromatic heterocycles.